The van der Waals surface area contributed by atoms with Gasteiger partial charge in [0.05, 0.1) is 0 Å². The molecule has 2 rings (SSSR count). The Kier molecular flexibility index (Phi) is 8.89. The number of piperidine rings is 1. The standard InChI is InChI=1S/C22H34N4O2S/c1-5-23-22(29)26-12-10-17(11-13-26)19(21(28)24-14-15(2)3)25-20(27)18-8-6-16(4)7-9-18/h6-9,15,17,19H,5,10-14H2,1-4H3,(H,23,29)(H,24,28)(H,25,27)/t19-/m0/s1. The second kappa shape index (κ2) is 11.1. The zero-order chi connectivity index (χ0) is 21.4. The van der Waals surface area contributed by atoms with Crippen LogP contribution in [0.4, 0.5) is 0 Å². The first-order valence-corrected chi connectivity index (χ1v) is 10.9. The number of amides is 2. The van der Waals surface area contributed by atoms with Gasteiger partial charge in [-0.25, -0.2) is 0 Å². The number of likely N-dealkylation sites (tertiary alicyclic amines) is 1. The van der Waals surface area contributed by atoms with Gasteiger partial charge in [-0.2, -0.15) is 0 Å². The van der Waals surface area contributed by atoms with Crippen molar-refractivity contribution in [2.24, 2.45) is 11.8 Å². The van der Waals surface area contributed by atoms with E-state index in [1.54, 1.807) is 12.1 Å². The van der Waals surface area contributed by atoms with E-state index in [1.165, 1.54) is 0 Å². The molecule has 160 valence electrons. The highest BCUT2D eigenvalue weighted by Crippen LogP contribution is 2.22. The molecule has 0 aliphatic carbocycles. The molecule has 0 saturated carbocycles. The van der Waals surface area contributed by atoms with E-state index < -0.39 is 6.04 Å². The molecule has 1 aromatic rings. The van der Waals surface area contributed by atoms with Crippen molar-refractivity contribution in [1.82, 2.24) is 20.9 Å². The summed E-state index contributed by atoms with van der Waals surface area (Å²) in [6, 6.07) is 6.86. The maximum Gasteiger partial charge on any atom is 0.251 e. The van der Waals surface area contributed by atoms with E-state index in [4.69, 9.17) is 12.2 Å². The predicted molar refractivity (Wildman–Crippen MR) is 121 cm³/mol. The number of carbonyl (C=O) groups is 2. The van der Waals surface area contributed by atoms with Crippen LogP contribution in [0.2, 0.25) is 0 Å². The lowest BCUT2D eigenvalue weighted by Gasteiger charge is -2.37. The minimum Gasteiger partial charge on any atom is -0.363 e. The van der Waals surface area contributed by atoms with Crippen LogP contribution in [0.15, 0.2) is 24.3 Å². The molecule has 1 aliphatic rings. The summed E-state index contributed by atoms with van der Waals surface area (Å²) in [4.78, 5) is 27.8. The third kappa shape index (κ3) is 6.99. The van der Waals surface area contributed by atoms with Gasteiger partial charge >= 0.3 is 0 Å². The second-order valence-corrected chi connectivity index (χ2v) is 8.50. The first kappa shape index (κ1) is 23.1. The molecule has 0 spiro atoms. The summed E-state index contributed by atoms with van der Waals surface area (Å²) in [6.45, 7) is 11.1. The van der Waals surface area contributed by atoms with Gasteiger partial charge in [0.2, 0.25) is 5.91 Å². The lowest BCUT2D eigenvalue weighted by Crippen LogP contribution is -2.54. The van der Waals surface area contributed by atoms with Crippen molar-refractivity contribution < 1.29 is 9.59 Å². The van der Waals surface area contributed by atoms with E-state index in [0.29, 0.717) is 18.0 Å². The van der Waals surface area contributed by atoms with Crippen LogP contribution in [0.1, 0.15) is 49.5 Å². The lowest BCUT2D eigenvalue weighted by molar-refractivity contribution is -0.124. The van der Waals surface area contributed by atoms with E-state index in [0.717, 1.165) is 43.2 Å². The highest BCUT2D eigenvalue weighted by atomic mass is 32.1. The SMILES string of the molecule is CCNC(=S)N1CCC([C@H](NC(=O)c2ccc(C)cc2)C(=O)NCC(C)C)CC1. The molecular weight excluding hydrogens is 384 g/mol. The Morgan fingerprint density at radius 2 is 1.76 bits per heavy atom. The van der Waals surface area contributed by atoms with Crippen molar-refractivity contribution in [2.45, 2.75) is 46.6 Å². The zero-order valence-electron chi connectivity index (χ0n) is 18.0. The van der Waals surface area contributed by atoms with Crippen molar-refractivity contribution in [3.05, 3.63) is 35.4 Å². The van der Waals surface area contributed by atoms with E-state index in [9.17, 15) is 9.59 Å². The predicted octanol–water partition coefficient (Wildman–Crippen LogP) is 2.47. The van der Waals surface area contributed by atoms with Crippen LogP contribution in [0.3, 0.4) is 0 Å². The Morgan fingerprint density at radius 3 is 2.31 bits per heavy atom. The number of nitrogens with one attached hydrogen (secondary N) is 3. The Labute approximate surface area is 179 Å². The summed E-state index contributed by atoms with van der Waals surface area (Å²) in [6.07, 6.45) is 1.61. The topological polar surface area (TPSA) is 73.5 Å². The van der Waals surface area contributed by atoms with Gasteiger partial charge in [0, 0.05) is 31.7 Å². The molecule has 0 radical (unpaired) electrons. The molecule has 7 heteroatoms. The van der Waals surface area contributed by atoms with Crippen molar-refractivity contribution in [2.75, 3.05) is 26.2 Å². The largest absolute Gasteiger partial charge is 0.363 e. The minimum absolute atomic E-state index is 0.0808. The van der Waals surface area contributed by atoms with Crippen LogP contribution in [0.25, 0.3) is 0 Å². The molecule has 1 atom stereocenters. The number of aryl methyl sites for hydroxylation is 1. The minimum atomic E-state index is -0.544. The summed E-state index contributed by atoms with van der Waals surface area (Å²) in [5, 5.41) is 9.93. The van der Waals surface area contributed by atoms with Gasteiger partial charge in [-0.1, -0.05) is 31.5 Å². The van der Waals surface area contributed by atoms with E-state index in [2.05, 4.69) is 34.7 Å². The summed E-state index contributed by atoms with van der Waals surface area (Å²) in [5.41, 5.74) is 1.67. The number of carbonyl (C=O) groups excluding carboxylic acids is 2. The molecule has 1 fully saturated rings. The van der Waals surface area contributed by atoms with Gasteiger partial charge in [-0.3, -0.25) is 9.59 Å². The van der Waals surface area contributed by atoms with Gasteiger partial charge in [-0.05, 0) is 62.9 Å². The average molecular weight is 419 g/mol. The Morgan fingerprint density at radius 1 is 1.14 bits per heavy atom. The second-order valence-electron chi connectivity index (χ2n) is 8.12. The van der Waals surface area contributed by atoms with Crippen LogP contribution in [-0.2, 0) is 4.79 Å². The third-order valence-corrected chi connectivity index (χ3v) is 5.60. The van der Waals surface area contributed by atoms with E-state index >= 15 is 0 Å². The van der Waals surface area contributed by atoms with Crippen molar-refractivity contribution in [3.63, 3.8) is 0 Å². The average Bonchev–Trinajstić information content (AvgIpc) is 2.71. The molecule has 1 aromatic carbocycles. The number of hydrogen-bond acceptors (Lipinski definition) is 3. The lowest BCUT2D eigenvalue weighted by atomic mass is 9.88. The molecule has 0 aromatic heterocycles. The number of benzene rings is 1. The van der Waals surface area contributed by atoms with Gasteiger partial charge in [0.1, 0.15) is 6.04 Å². The maximum absolute atomic E-state index is 12.9. The van der Waals surface area contributed by atoms with Crippen LogP contribution in [0.5, 0.6) is 0 Å². The quantitative estimate of drug-likeness (QED) is 0.593. The zero-order valence-corrected chi connectivity index (χ0v) is 18.8. The Bertz CT molecular complexity index is 697. The van der Waals surface area contributed by atoms with Gasteiger partial charge < -0.3 is 20.9 Å². The van der Waals surface area contributed by atoms with Crippen LogP contribution in [0, 0.1) is 18.8 Å². The highest BCUT2D eigenvalue weighted by Gasteiger charge is 2.33. The molecule has 0 bridgehead atoms. The third-order valence-electron chi connectivity index (χ3n) is 5.19. The monoisotopic (exact) mass is 418 g/mol. The molecule has 1 aliphatic heterocycles. The molecule has 1 heterocycles. The normalized spacial score (nSPS) is 15.7. The van der Waals surface area contributed by atoms with Crippen LogP contribution < -0.4 is 16.0 Å². The van der Waals surface area contributed by atoms with Crippen LogP contribution >= 0.6 is 12.2 Å². The first-order chi connectivity index (χ1) is 13.8. The van der Waals surface area contributed by atoms with Crippen molar-refractivity contribution in [1.29, 1.82) is 0 Å². The number of thiocarbonyl (C=S) groups is 1. The number of hydrogen-bond donors (Lipinski definition) is 3. The highest BCUT2D eigenvalue weighted by molar-refractivity contribution is 7.80. The maximum atomic E-state index is 12.9. The fourth-order valence-corrected chi connectivity index (χ4v) is 3.77. The molecule has 2 amide bonds. The molecule has 6 nitrogen and oxygen atoms in total. The fourth-order valence-electron chi connectivity index (χ4n) is 3.44. The van der Waals surface area contributed by atoms with Gasteiger partial charge in [0.15, 0.2) is 5.11 Å². The number of nitrogens with zero attached hydrogens (tertiary/aromatic N) is 1. The summed E-state index contributed by atoms with van der Waals surface area (Å²) in [5.74, 6) is 0.121. The fraction of sp³-hybridized carbons (Fsp3) is 0.591. The van der Waals surface area contributed by atoms with Crippen molar-refractivity contribution >= 4 is 29.1 Å². The van der Waals surface area contributed by atoms with Gasteiger partial charge in [0.25, 0.3) is 5.91 Å². The molecule has 0 unspecified atom stereocenters. The van der Waals surface area contributed by atoms with E-state index in [1.807, 2.05) is 26.0 Å². The molecule has 3 N–H and O–H groups in total. The first-order valence-electron chi connectivity index (χ1n) is 10.5. The Hall–Kier alpha value is -2.15. The smallest absolute Gasteiger partial charge is 0.251 e. The number of rotatable bonds is 7. The van der Waals surface area contributed by atoms with Crippen molar-refractivity contribution in [3.8, 4) is 0 Å². The molecule has 29 heavy (non-hydrogen) atoms. The molecule has 1 saturated heterocycles. The Balaban J connectivity index is 2.07. The summed E-state index contributed by atoms with van der Waals surface area (Å²) >= 11 is 5.41. The molecular formula is C22H34N4O2S. The van der Waals surface area contributed by atoms with Crippen LogP contribution in [-0.4, -0.2) is 54.0 Å². The van der Waals surface area contributed by atoms with E-state index in [-0.39, 0.29) is 17.7 Å². The summed E-state index contributed by atoms with van der Waals surface area (Å²) in [7, 11) is 0. The van der Waals surface area contributed by atoms with Gasteiger partial charge in [-0.15, -0.1) is 0 Å². The summed E-state index contributed by atoms with van der Waals surface area (Å²) < 4.78 is 0.